The summed E-state index contributed by atoms with van der Waals surface area (Å²) in [5.74, 6) is 0.929. The van der Waals surface area contributed by atoms with Crippen molar-refractivity contribution in [1.82, 2.24) is 0 Å². The van der Waals surface area contributed by atoms with Gasteiger partial charge in [0.15, 0.2) is 18.4 Å². The van der Waals surface area contributed by atoms with Gasteiger partial charge < -0.3 is 64.2 Å². The van der Waals surface area contributed by atoms with E-state index in [-0.39, 0.29) is 29.0 Å². The normalized spacial score (nSPS) is 58.9. The predicted octanol–water partition coefficient (Wildman–Crippen LogP) is 1.50. The molecule has 0 aromatic heterocycles. The summed E-state index contributed by atoms with van der Waals surface area (Å²) >= 11 is 0. The van der Waals surface area contributed by atoms with E-state index >= 15 is 0 Å². The van der Waals surface area contributed by atoms with Gasteiger partial charge in [0, 0.05) is 17.8 Å². The van der Waals surface area contributed by atoms with Crippen molar-refractivity contribution in [3.63, 3.8) is 0 Å². The largest absolute Gasteiger partial charge is 0.394 e. The summed E-state index contributed by atoms with van der Waals surface area (Å²) in [6.45, 7) is 10.7. The maximum atomic E-state index is 12.7. The summed E-state index contributed by atoms with van der Waals surface area (Å²) in [5, 5.41) is 75.6. The predicted molar refractivity (Wildman–Crippen MR) is 183 cm³/mol. The van der Waals surface area contributed by atoms with Gasteiger partial charge >= 0.3 is 0 Å². The van der Waals surface area contributed by atoms with Crippen molar-refractivity contribution in [1.29, 1.82) is 0 Å². The molecular formula is C39H62O13. The Morgan fingerprint density at radius 3 is 2.31 bits per heavy atom. The highest BCUT2D eigenvalue weighted by Gasteiger charge is 2.76. The van der Waals surface area contributed by atoms with Crippen LogP contribution in [0.4, 0.5) is 0 Å². The first-order chi connectivity index (χ1) is 24.6. The van der Waals surface area contributed by atoms with E-state index in [2.05, 4.69) is 33.8 Å². The number of hydrogen-bond donors (Lipinski definition) is 7. The fraction of sp³-hybridized carbons (Fsp3) is 0.949. The number of fused-ring (bicyclic) bond motifs is 7. The fourth-order valence-corrected chi connectivity index (χ4v) is 12.5. The van der Waals surface area contributed by atoms with Crippen LogP contribution in [0.5, 0.6) is 0 Å². The lowest BCUT2D eigenvalue weighted by molar-refractivity contribution is -0.369. The van der Waals surface area contributed by atoms with Crippen LogP contribution in [0.3, 0.4) is 0 Å². The van der Waals surface area contributed by atoms with Gasteiger partial charge in [-0.3, -0.25) is 0 Å². The van der Waals surface area contributed by atoms with Crippen molar-refractivity contribution in [2.75, 3.05) is 13.2 Å². The van der Waals surface area contributed by atoms with E-state index in [1.165, 1.54) is 12.5 Å². The molecule has 0 aromatic carbocycles. The monoisotopic (exact) mass is 738 g/mol. The average molecular weight is 739 g/mol. The number of aliphatic hydroxyl groups is 7. The number of rotatable bonds is 5. The number of ether oxygens (including phenoxy) is 6. The summed E-state index contributed by atoms with van der Waals surface area (Å²) < 4.78 is 37.3. The highest BCUT2D eigenvalue weighted by molar-refractivity contribution is 5.29. The molecule has 0 bridgehead atoms. The van der Waals surface area contributed by atoms with Gasteiger partial charge in [0.05, 0.1) is 31.5 Å². The van der Waals surface area contributed by atoms with E-state index in [0.29, 0.717) is 43.1 Å². The topological polar surface area (TPSA) is 197 Å². The van der Waals surface area contributed by atoms with E-state index < -0.39 is 79.4 Å². The molecule has 7 N–H and O–H groups in total. The molecule has 3 saturated carbocycles. The van der Waals surface area contributed by atoms with Crippen LogP contribution in [0.1, 0.15) is 92.4 Å². The molecule has 0 amide bonds. The molecule has 8 rings (SSSR count). The number of allylic oxidation sites excluding steroid dienone is 1. The third kappa shape index (κ3) is 5.50. The molecule has 0 unspecified atom stereocenters. The molecule has 21 atom stereocenters. The minimum atomic E-state index is -1.62. The SMILES string of the molecule is C[C@H]1CC[C@]2(OC1)O[C@@H]1C[C@@H]3[C@H]4CC=C5C[C@H](O[C@H]6O[C@@H](CO)[C@H](O)[C@@H](O)[C@@H]6O[C@@H]6O[C@H](C)[C@@H](O)[C@H](O)[C@@H]6O)CC[C@@]5(C)[C@@H]4CC[C@@]3(C)[C@]1(O)[C@H]2C. The lowest BCUT2D eigenvalue weighted by Crippen LogP contribution is -2.64. The lowest BCUT2D eigenvalue weighted by atomic mass is 9.46. The first-order valence-corrected chi connectivity index (χ1v) is 19.9. The van der Waals surface area contributed by atoms with Gasteiger partial charge in [0.25, 0.3) is 0 Å². The van der Waals surface area contributed by atoms with Gasteiger partial charge in [0.1, 0.15) is 48.3 Å². The standard InChI is InChI=1S/C39H62O13/c1-18-8-13-38(47-17-18)20(3)39(46)27(52-38)15-25-23-7-6-21-14-22(9-11-36(21,4)24(23)10-12-37(25,39)5)49-35-33(31(44)29(42)26(16-40)50-35)51-34-32(45)30(43)28(41)19(2)48-34/h6,18-20,22-35,40-46H,7-17H2,1-5H3/t18-,19+,20-,22+,23-,24+,25+,26-,27+,28+,29-,30-,31+,32-,33-,34-,35-,36+,37+,38-,39-/m0/s1. The first-order valence-electron chi connectivity index (χ1n) is 19.9. The molecule has 4 heterocycles. The van der Waals surface area contributed by atoms with E-state index in [9.17, 15) is 35.7 Å². The summed E-state index contributed by atoms with van der Waals surface area (Å²) in [6.07, 6.45) is -3.83. The minimum Gasteiger partial charge on any atom is -0.394 e. The minimum absolute atomic E-state index is 0.0411. The molecule has 4 aliphatic carbocycles. The first kappa shape index (κ1) is 38.1. The van der Waals surface area contributed by atoms with Crippen LogP contribution in [0.25, 0.3) is 0 Å². The highest BCUT2D eigenvalue weighted by atomic mass is 16.8. The van der Waals surface area contributed by atoms with E-state index in [1.807, 2.05) is 0 Å². The number of hydrogen-bond acceptors (Lipinski definition) is 13. The quantitative estimate of drug-likeness (QED) is 0.201. The van der Waals surface area contributed by atoms with Gasteiger partial charge in [-0.2, -0.15) is 0 Å². The van der Waals surface area contributed by atoms with Crippen LogP contribution in [-0.2, 0) is 28.4 Å². The second-order valence-electron chi connectivity index (χ2n) is 18.4. The molecule has 13 heteroatoms. The molecular weight excluding hydrogens is 676 g/mol. The lowest BCUT2D eigenvalue weighted by Gasteiger charge is -2.60. The molecule has 296 valence electrons. The van der Waals surface area contributed by atoms with Crippen molar-refractivity contribution in [3.05, 3.63) is 11.6 Å². The molecule has 8 aliphatic rings. The van der Waals surface area contributed by atoms with Gasteiger partial charge in [-0.05, 0) is 87.4 Å². The average Bonchev–Trinajstić information content (AvgIpc) is 3.48. The van der Waals surface area contributed by atoms with E-state index in [0.717, 1.165) is 44.9 Å². The van der Waals surface area contributed by atoms with Crippen molar-refractivity contribution in [2.24, 2.45) is 40.4 Å². The van der Waals surface area contributed by atoms with Crippen LogP contribution in [0.2, 0.25) is 0 Å². The van der Waals surface area contributed by atoms with Crippen molar-refractivity contribution in [2.45, 2.75) is 177 Å². The summed E-state index contributed by atoms with van der Waals surface area (Å²) in [5.41, 5.74) is 0.0981. The van der Waals surface area contributed by atoms with Crippen molar-refractivity contribution < 1.29 is 64.2 Å². The second-order valence-corrected chi connectivity index (χ2v) is 18.4. The van der Waals surface area contributed by atoms with Crippen LogP contribution in [-0.4, -0.2) is 134 Å². The zero-order valence-corrected chi connectivity index (χ0v) is 31.3. The summed E-state index contributed by atoms with van der Waals surface area (Å²) in [4.78, 5) is 0. The Morgan fingerprint density at radius 1 is 0.827 bits per heavy atom. The Labute approximate surface area is 306 Å². The van der Waals surface area contributed by atoms with Gasteiger partial charge in [0.2, 0.25) is 0 Å². The van der Waals surface area contributed by atoms with Crippen LogP contribution in [0, 0.1) is 40.4 Å². The van der Waals surface area contributed by atoms with Crippen molar-refractivity contribution >= 4 is 0 Å². The van der Waals surface area contributed by atoms with E-state index in [4.69, 9.17) is 28.4 Å². The maximum absolute atomic E-state index is 12.7. The smallest absolute Gasteiger partial charge is 0.187 e. The third-order valence-electron chi connectivity index (χ3n) is 15.8. The van der Waals surface area contributed by atoms with Crippen molar-refractivity contribution in [3.8, 4) is 0 Å². The van der Waals surface area contributed by atoms with Gasteiger partial charge in [-0.1, -0.05) is 39.3 Å². The zero-order chi connectivity index (χ0) is 37.1. The maximum Gasteiger partial charge on any atom is 0.187 e. The molecule has 13 nitrogen and oxygen atoms in total. The van der Waals surface area contributed by atoms with Crippen LogP contribution in [0.15, 0.2) is 11.6 Å². The number of aliphatic hydroxyl groups excluding tert-OH is 6. The Bertz CT molecular complexity index is 1350. The molecule has 0 radical (unpaired) electrons. The molecule has 4 aliphatic heterocycles. The van der Waals surface area contributed by atoms with Crippen LogP contribution >= 0.6 is 0 Å². The van der Waals surface area contributed by atoms with Gasteiger partial charge in [-0.15, -0.1) is 0 Å². The zero-order valence-electron chi connectivity index (χ0n) is 31.3. The molecule has 52 heavy (non-hydrogen) atoms. The Hall–Kier alpha value is -0.780. The Morgan fingerprint density at radius 2 is 1.60 bits per heavy atom. The molecule has 4 saturated heterocycles. The van der Waals surface area contributed by atoms with Gasteiger partial charge in [-0.25, -0.2) is 0 Å². The molecule has 7 fully saturated rings. The Kier molecular flexibility index (Phi) is 9.83. The third-order valence-corrected chi connectivity index (χ3v) is 15.8. The highest BCUT2D eigenvalue weighted by Crippen LogP contribution is 2.72. The summed E-state index contributed by atoms with van der Waals surface area (Å²) in [7, 11) is 0. The Balaban J connectivity index is 0.977. The second kappa shape index (κ2) is 13.4. The van der Waals surface area contributed by atoms with Crippen LogP contribution < -0.4 is 0 Å². The molecule has 1 spiro atoms. The molecule has 0 aromatic rings. The summed E-state index contributed by atoms with van der Waals surface area (Å²) in [6, 6.07) is 0. The fourth-order valence-electron chi connectivity index (χ4n) is 12.5. The van der Waals surface area contributed by atoms with E-state index in [1.54, 1.807) is 0 Å².